The number of carbonyl (C=O) groups is 1. The third-order valence-electron chi connectivity index (χ3n) is 3.35. The lowest BCUT2D eigenvalue weighted by Crippen LogP contribution is -2.44. The highest BCUT2D eigenvalue weighted by Crippen LogP contribution is 2.33. The quantitative estimate of drug-likeness (QED) is 0.775. The molecule has 1 aromatic rings. The van der Waals surface area contributed by atoms with Crippen LogP contribution in [0, 0.1) is 12.8 Å². The second-order valence-electron chi connectivity index (χ2n) is 4.98. The molecule has 1 aliphatic heterocycles. The van der Waals surface area contributed by atoms with Gasteiger partial charge in [-0.1, -0.05) is 0 Å². The summed E-state index contributed by atoms with van der Waals surface area (Å²) in [4.78, 5) is 17.5. The van der Waals surface area contributed by atoms with Crippen molar-refractivity contribution in [3.05, 3.63) is 28.0 Å². The number of aromatic nitrogens is 1. The Kier molecular flexibility index (Phi) is 4.36. The Labute approximate surface area is 123 Å². The molecule has 2 heterocycles. The summed E-state index contributed by atoms with van der Waals surface area (Å²) in [7, 11) is 0. The highest BCUT2D eigenvalue weighted by molar-refractivity contribution is 9.10. The maximum atomic E-state index is 12.7. The topological polar surface area (TPSA) is 33.2 Å². The minimum Gasteiger partial charge on any atom is -0.337 e. The Morgan fingerprint density at radius 3 is 2.80 bits per heavy atom. The molecule has 1 aromatic heterocycles. The standard InChI is InChI=1S/C13H14BrF3N2O/c1-8-5-10(14)11(18-6-8)12(20)19-4-2-3-9(7-19)13(15,16)17/h5-6,9H,2-4,7H2,1H3. The maximum Gasteiger partial charge on any atom is 0.393 e. The first kappa shape index (κ1) is 15.3. The van der Waals surface area contributed by atoms with E-state index in [-0.39, 0.29) is 18.7 Å². The van der Waals surface area contributed by atoms with Crippen LogP contribution in [0.5, 0.6) is 0 Å². The highest BCUT2D eigenvalue weighted by atomic mass is 79.9. The second kappa shape index (κ2) is 5.71. The maximum absolute atomic E-state index is 12.7. The van der Waals surface area contributed by atoms with Crippen LogP contribution >= 0.6 is 15.9 Å². The molecule has 0 N–H and O–H groups in total. The average Bonchev–Trinajstić information content (AvgIpc) is 2.37. The van der Waals surface area contributed by atoms with Crippen LogP contribution in [0.2, 0.25) is 0 Å². The van der Waals surface area contributed by atoms with Gasteiger partial charge in [-0.3, -0.25) is 4.79 Å². The lowest BCUT2D eigenvalue weighted by molar-refractivity contribution is -0.184. The van der Waals surface area contributed by atoms with E-state index in [2.05, 4.69) is 20.9 Å². The van der Waals surface area contributed by atoms with Crippen LogP contribution in [0.4, 0.5) is 13.2 Å². The van der Waals surface area contributed by atoms with Gasteiger partial charge in [-0.2, -0.15) is 13.2 Å². The molecule has 0 aromatic carbocycles. The Hall–Kier alpha value is -1.11. The van der Waals surface area contributed by atoms with Crippen LogP contribution in [0.3, 0.4) is 0 Å². The number of nitrogens with zero attached hydrogens (tertiary/aromatic N) is 2. The van der Waals surface area contributed by atoms with Gasteiger partial charge in [0.15, 0.2) is 0 Å². The van der Waals surface area contributed by atoms with Gasteiger partial charge in [-0.15, -0.1) is 0 Å². The van der Waals surface area contributed by atoms with Crippen LogP contribution in [-0.2, 0) is 0 Å². The van der Waals surface area contributed by atoms with Gasteiger partial charge in [-0.05, 0) is 47.3 Å². The first-order chi connectivity index (χ1) is 9.29. The summed E-state index contributed by atoms with van der Waals surface area (Å²) in [6.45, 7) is 1.88. The first-order valence-electron chi connectivity index (χ1n) is 6.27. The predicted octanol–water partition coefficient (Wildman–Crippen LogP) is 3.57. The molecule has 20 heavy (non-hydrogen) atoms. The summed E-state index contributed by atoms with van der Waals surface area (Å²) in [6, 6.07) is 1.73. The molecular formula is C13H14BrF3N2O. The number of likely N-dealkylation sites (tertiary alicyclic amines) is 1. The summed E-state index contributed by atoms with van der Waals surface area (Å²) < 4.78 is 38.8. The summed E-state index contributed by atoms with van der Waals surface area (Å²) in [5.41, 5.74) is 1.04. The minimum atomic E-state index is -4.25. The number of aryl methyl sites for hydroxylation is 1. The van der Waals surface area contributed by atoms with E-state index in [9.17, 15) is 18.0 Å². The van der Waals surface area contributed by atoms with Crippen molar-refractivity contribution < 1.29 is 18.0 Å². The molecule has 110 valence electrons. The number of hydrogen-bond donors (Lipinski definition) is 0. The Morgan fingerprint density at radius 1 is 1.50 bits per heavy atom. The number of hydrogen-bond acceptors (Lipinski definition) is 2. The second-order valence-corrected chi connectivity index (χ2v) is 5.83. The SMILES string of the molecule is Cc1cnc(C(=O)N2CCCC(C(F)(F)F)C2)c(Br)c1. The molecule has 0 spiro atoms. The molecule has 1 unspecified atom stereocenters. The molecule has 1 saturated heterocycles. The van der Waals surface area contributed by atoms with Gasteiger partial charge < -0.3 is 4.90 Å². The zero-order valence-electron chi connectivity index (χ0n) is 10.9. The zero-order valence-corrected chi connectivity index (χ0v) is 12.5. The lowest BCUT2D eigenvalue weighted by Gasteiger charge is -2.33. The lowest BCUT2D eigenvalue weighted by atomic mass is 9.97. The molecule has 2 rings (SSSR count). The Bertz CT molecular complexity index is 519. The van der Waals surface area contributed by atoms with Crippen LogP contribution in [-0.4, -0.2) is 35.1 Å². The molecule has 1 atom stereocenters. The normalized spacial score (nSPS) is 20.1. The van der Waals surface area contributed by atoms with E-state index < -0.39 is 18.0 Å². The molecule has 1 aliphatic rings. The zero-order chi connectivity index (χ0) is 14.9. The number of pyridine rings is 1. The molecule has 0 saturated carbocycles. The minimum absolute atomic E-state index is 0.0791. The third-order valence-corrected chi connectivity index (χ3v) is 3.96. The molecule has 3 nitrogen and oxygen atoms in total. The number of rotatable bonds is 1. The highest BCUT2D eigenvalue weighted by Gasteiger charge is 2.43. The van der Waals surface area contributed by atoms with Crippen molar-refractivity contribution in [2.24, 2.45) is 5.92 Å². The largest absolute Gasteiger partial charge is 0.393 e. The van der Waals surface area contributed by atoms with Crippen molar-refractivity contribution in [2.75, 3.05) is 13.1 Å². The van der Waals surface area contributed by atoms with Crippen molar-refractivity contribution >= 4 is 21.8 Å². The number of amides is 1. The van der Waals surface area contributed by atoms with Crippen LogP contribution in [0.25, 0.3) is 0 Å². The van der Waals surface area contributed by atoms with E-state index in [1.54, 1.807) is 6.07 Å². The molecule has 0 bridgehead atoms. The van der Waals surface area contributed by atoms with Gasteiger partial charge in [0.05, 0.1) is 5.92 Å². The molecule has 0 aliphatic carbocycles. The average molecular weight is 351 g/mol. The van der Waals surface area contributed by atoms with E-state index >= 15 is 0 Å². The van der Waals surface area contributed by atoms with Crippen LogP contribution < -0.4 is 0 Å². The number of alkyl halides is 3. The van der Waals surface area contributed by atoms with Gasteiger partial charge in [0.1, 0.15) is 5.69 Å². The third kappa shape index (κ3) is 3.31. The molecule has 1 amide bonds. The number of piperidine rings is 1. The van der Waals surface area contributed by atoms with Gasteiger partial charge in [0, 0.05) is 23.8 Å². The van der Waals surface area contributed by atoms with E-state index in [1.165, 1.54) is 11.1 Å². The molecule has 7 heteroatoms. The van der Waals surface area contributed by atoms with Crippen molar-refractivity contribution in [1.82, 2.24) is 9.88 Å². The first-order valence-corrected chi connectivity index (χ1v) is 7.06. The number of carbonyl (C=O) groups excluding carboxylic acids is 1. The fourth-order valence-corrected chi connectivity index (χ4v) is 2.90. The Balaban J connectivity index is 2.16. The van der Waals surface area contributed by atoms with E-state index in [4.69, 9.17) is 0 Å². The molecular weight excluding hydrogens is 337 g/mol. The van der Waals surface area contributed by atoms with Crippen LogP contribution in [0.15, 0.2) is 16.7 Å². The van der Waals surface area contributed by atoms with Gasteiger partial charge in [-0.25, -0.2) is 4.98 Å². The van der Waals surface area contributed by atoms with Crippen molar-refractivity contribution in [3.8, 4) is 0 Å². The summed E-state index contributed by atoms with van der Waals surface area (Å²) in [6.07, 6.45) is -2.28. The molecule has 0 radical (unpaired) electrons. The van der Waals surface area contributed by atoms with Gasteiger partial charge in [0.2, 0.25) is 0 Å². The van der Waals surface area contributed by atoms with Crippen molar-refractivity contribution in [1.29, 1.82) is 0 Å². The van der Waals surface area contributed by atoms with Crippen molar-refractivity contribution in [2.45, 2.75) is 25.9 Å². The summed E-state index contributed by atoms with van der Waals surface area (Å²) in [5.74, 6) is -1.89. The predicted molar refractivity (Wildman–Crippen MR) is 71.4 cm³/mol. The van der Waals surface area contributed by atoms with E-state index in [0.717, 1.165) is 5.56 Å². The van der Waals surface area contributed by atoms with E-state index in [1.807, 2.05) is 6.92 Å². The van der Waals surface area contributed by atoms with E-state index in [0.29, 0.717) is 17.4 Å². The fourth-order valence-electron chi connectivity index (χ4n) is 2.27. The van der Waals surface area contributed by atoms with Gasteiger partial charge >= 0.3 is 6.18 Å². The smallest absolute Gasteiger partial charge is 0.337 e. The summed E-state index contributed by atoms with van der Waals surface area (Å²) in [5, 5.41) is 0. The monoisotopic (exact) mass is 350 g/mol. The van der Waals surface area contributed by atoms with Gasteiger partial charge in [0.25, 0.3) is 5.91 Å². The van der Waals surface area contributed by atoms with Crippen LogP contribution in [0.1, 0.15) is 28.9 Å². The number of halogens is 4. The van der Waals surface area contributed by atoms with Crippen molar-refractivity contribution in [3.63, 3.8) is 0 Å². The molecule has 1 fully saturated rings. The summed E-state index contributed by atoms with van der Waals surface area (Å²) >= 11 is 3.24. The fraction of sp³-hybridized carbons (Fsp3) is 0.538. The Morgan fingerprint density at radius 2 is 2.20 bits per heavy atom.